The number of nitrogens with one attached hydrogen (secondary N) is 1. The van der Waals surface area contributed by atoms with E-state index in [-0.39, 0.29) is 10.6 Å². The lowest BCUT2D eigenvalue weighted by atomic mass is 10.1. The van der Waals surface area contributed by atoms with Gasteiger partial charge >= 0.3 is 4.87 Å². The predicted molar refractivity (Wildman–Crippen MR) is 75.4 cm³/mol. The highest BCUT2D eigenvalue weighted by Gasteiger charge is 2.11. The van der Waals surface area contributed by atoms with Crippen molar-refractivity contribution in [3.8, 4) is 11.6 Å². The van der Waals surface area contributed by atoms with E-state index >= 15 is 0 Å². The Hall–Kier alpha value is -1.53. The first kappa shape index (κ1) is 12.9. The summed E-state index contributed by atoms with van der Waals surface area (Å²) in [6.45, 7) is 4.11. The molecular weight excluding hydrogens is 266 g/mol. The minimum Gasteiger partial charge on any atom is -0.535 e. The number of hydrogen-bond acceptors (Lipinski definition) is 4. The van der Waals surface area contributed by atoms with Gasteiger partial charge in [-0.2, -0.15) is 0 Å². The Kier molecular flexibility index (Phi) is 3.88. The number of phenols is 1. The molecule has 0 bridgehead atoms. The fourth-order valence-electron chi connectivity index (χ4n) is 1.59. The van der Waals surface area contributed by atoms with Gasteiger partial charge in [-0.3, -0.25) is 9.78 Å². The normalized spacial score (nSPS) is 10.8. The van der Waals surface area contributed by atoms with Gasteiger partial charge in [0, 0.05) is 6.42 Å². The molecule has 0 saturated heterocycles. The highest BCUT2D eigenvalue weighted by atomic mass is 32.1. The maximum absolute atomic E-state index is 11.4. The van der Waals surface area contributed by atoms with Crippen LogP contribution in [0.15, 0.2) is 29.1 Å². The highest BCUT2D eigenvalue weighted by molar-refractivity contribution is 7.09. The van der Waals surface area contributed by atoms with Crippen LogP contribution in [-0.2, 0) is 6.42 Å². The number of aromatic nitrogens is 1. The summed E-state index contributed by atoms with van der Waals surface area (Å²) in [4.78, 5) is 14.9. The zero-order chi connectivity index (χ0) is 13.1. The molecule has 96 valence electrons. The molecule has 0 fully saturated rings. The van der Waals surface area contributed by atoms with Crippen molar-refractivity contribution < 1.29 is 9.53 Å². The van der Waals surface area contributed by atoms with Crippen LogP contribution in [-0.4, -0.2) is 19.1 Å². The maximum atomic E-state index is 11.4. The molecule has 6 heteroatoms. The van der Waals surface area contributed by atoms with Crippen LogP contribution in [0.2, 0.25) is 13.1 Å². The molecule has 4 nitrogen and oxygen atoms in total. The monoisotopic (exact) mass is 281 g/mol. The summed E-state index contributed by atoms with van der Waals surface area (Å²) < 4.78 is 5.71. The van der Waals surface area contributed by atoms with E-state index in [0.717, 1.165) is 10.4 Å². The molecule has 2 rings (SSSR count). The number of phenolic OH excluding ortho intramolecular Hbond substituents is 1. The molecule has 2 aromatic rings. The molecule has 0 atom stereocenters. The van der Waals surface area contributed by atoms with E-state index in [0.29, 0.717) is 12.3 Å². The molecule has 0 spiro atoms. The molecule has 0 aliphatic carbocycles. The van der Waals surface area contributed by atoms with E-state index in [1.807, 2.05) is 12.1 Å². The van der Waals surface area contributed by atoms with Crippen LogP contribution in [0.4, 0.5) is 0 Å². The average molecular weight is 281 g/mol. The van der Waals surface area contributed by atoms with Crippen molar-refractivity contribution in [2.75, 3.05) is 0 Å². The first-order valence-corrected chi connectivity index (χ1v) is 9.31. The Bertz CT molecular complexity index is 574. The van der Waals surface area contributed by atoms with Crippen molar-refractivity contribution in [3.05, 3.63) is 44.4 Å². The number of hydrogen-bond donors (Lipinski definition) is 2. The van der Waals surface area contributed by atoms with E-state index < -0.39 is 9.04 Å². The standard InChI is InChI=1S/C12H15NO3SSi/c1-18(2)16-11-10(17-12(15)13-11)7-8-3-5-9(14)6-4-8/h3-6,14,18H,7H2,1-2H3,(H,13,15). The van der Waals surface area contributed by atoms with Crippen LogP contribution >= 0.6 is 11.3 Å². The van der Waals surface area contributed by atoms with E-state index in [2.05, 4.69) is 18.1 Å². The van der Waals surface area contributed by atoms with Crippen LogP contribution < -0.4 is 9.30 Å². The Morgan fingerprint density at radius 3 is 2.61 bits per heavy atom. The third-order valence-corrected chi connectivity index (χ3v) is 3.91. The van der Waals surface area contributed by atoms with Crippen LogP contribution in [0.25, 0.3) is 0 Å². The Morgan fingerprint density at radius 2 is 2.00 bits per heavy atom. The molecule has 2 N–H and O–H groups in total. The summed E-state index contributed by atoms with van der Waals surface area (Å²) in [6.07, 6.45) is 0.639. The van der Waals surface area contributed by atoms with E-state index in [9.17, 15) is 9.90 Å². The van der Waals surface area contributed by atoms with E-state index in [4.69, 9.17) is 4.43 Å². The average Bonchev–Trinajstić information content (AvgIpc) is 2.61. The van der Waals surface area contributed by atoms with Gasteiger partial charge in [0.2, 0.25) is 9.04 Å². The zero-order valence-corrected chi connectivity index (χ0v) is 12.2. The highest BCUT2D eigenvalue weighted by Crippen LogP contribution is 2.23. The number of aromatic amines is 1. The first-order chi connectivity index (χ1) is 8.54. The molecule has 0 aliphatic heterocycles. The number of H-pyrrole nitrogens is 1. The summed E-state index contributed by atoms with van der Waals surface area (Å²) in [5.41, 5.74) is 1.04. The van der Waals surface area contributed by atoms with E-state index in [1.165, 1.54) is 11.3 Å². The van der Waals surface area contributed by atoms with Crippen molar-refractivity contribution in [1.82, 2.24) is 4.98 Å². The second-order valence-corrected chi connectivity index (χ2v) is 7.68. The third kappa shape index (κ3) is 3.24. The van der Waals surface area contributed by atoms with Crippen molar-refractivity contribution in [2.45, 2.75) is 19.5 Å². The quantitative estimate of drug-likeness (QED) is 0.844. The van der Waals surface area contributed by atoms with Gasteiger partial charge in [0.25, 0.3) is 0 Å². The summed E-state index contributed by atoms with van der Waals surface area (Å²) in [6, 6.07) is 6.97. The van der Waals surface area contributed by atoms with Crippen LogP contribution in [0.5, 0.6) is 11.6 Å². The van der Waals surface area contributed by atoms with Crippen molar-refractivity contribution in [3.63, 3.8) is 0 Å². The lowest BCUT2D eigenvalue weighted by Crippen LogP contribution is -2.13. The molecular formula is C12H15NO3SSi. The Labute approximate surface area is 111 Å². The Balaban J connectivity index is 2.22. The van der Waals surface area contributed by atoms with Crippen molar-refractivity contribution >= 4 is 20.4 Å². The fourth-order valence-corrected chi connectivity index (χ4v) is 3.15. The third-order valence-electron chi connectivity index (χ3n) is 2.34. The molecule has 1 heterocycles. The molecule has 0 aliphatic rings. The first-order valence-electron chi connectivity index (χ1n) is 5.71. The predicted octanol–water partition coefficient (Wildman–Crippen LogP) is 2.09. The van der Waals surface area contributed by atoms with Crippen molar-refractivity contribution in [2.24, 2.45) is 0 Å². The summed E-state index contributed by atoms with van der Waals surface area (Å²) in [5.74, 6) is 0.854. The fraction of sp³-hybridized carbons (Fsp3) is 0.250. The zero-order valence-electron chi connectivity index (χ0n) is 10.3. The summed E-state index contributed by atoms with van der Waals surface area (Å²) in [7, 11) is -1.23. The molecule has 0 radical (unpaired) electrons. The molecule has 1 aromatic carbocycles. The smallest absolute Gasteiger partial charge is 0.307 e. The lowest BCUT2D eigenvalue weighted by molar-refractivity contribution is 0.475. The molecule has 0 saturated carbocycles. The molecule has 1 aromatic heterocycles. The van der Waals surface area contributed by atoms with E-state index in [1.54, 1.807) is 12.1 Å². The molecule has 0 unspecified atom stereocenters. The van der Waals surface area contributed by atoms with Crippen LogP contribution in [0, 0.1) is 0 Å². The number of aromatic hydroxyl groups is 1. The van der Waals surface area contributed by atoms with Gasteiger partial charge in [0.05, 0.1) is 4.88 Å². The van der Waals surface area contributed by atoms with Crippen LogP contribution in [0.3, 0.4) is 0 Å². The number of rotatable bonds is 4. The molecule has 0 amide bonds. The van der Waals surface area contributed by atoms with Crippen molar-refractivity contribution in [1.29, 1.82) is 0 Å². The van der Waals surface area contributed by atoms with Gasteiger partial charge in [-0.1, -0.05) is 23.5 Å². The molecule has 18 heavy (non-hydrogen) atoms. The van der Waals surface area contributed by atoms with Gasteiger partial charge in [-0.25, -0.2) is 0 Å². The van der Waals surface area contributed by atoms with Gasteiger partial charge in [-0.05, 0) is 30.8 Å². The minimum absolute atomic E-state index is 0.0894. The number of thiazole rings is 1. The topological polar surface area (TPSA) is 62.3 Å². The van der Waals surface area contributed by atoms with Crippen LogP contribution in [0.1, 0.15) is 10.4 Å². The maximum Gasteiger partial charge on any atom is 0.307 e. The second-order valence-electron chi connectivity index (χ2n) is 4.28. The summed E-state index contributed by atoms with van der Waals surface area (Å²) >= 11 is 1.18. The largest absolute Gasteiger partial charge is 0.535 e. The SMILES string of the molecule is C[SiH](C)Oc1[nH]c(=O)sc1Cc1ccc(O)cc1. The van der Waals surface area contributed by atoms with Gasteiger partial charge in [-0.15, -0.1) is 0 Å². The van der Waals surface area contributed by atoms with Gasteiger partial charge < -0.3 is 9.53 Å². The minimum atomic E-state index is -1.23. The van der Waals surface area contributed by atoms with Gasteiger partial charge in [0.15, 0.2) is 5.88 Å². The second kappa shape index (κ2) is 5.41. The van der Waals surface area contributed by atoms with Gasteiger partial charge in [0.1, 0.15) is 5.75 Å². The summed E-state index contributed by atoms with van der Waals surface area (Å²) in [5, 5.41) is 9.23. The number of benzene rings is 1. The Morgan fingerprint density at radius 1 is 1.33 bits per heavy atom. The lowest BCUT2D eigenvalue weighted by Gasteiger charge is -2.08.